The van der Waals surface area contributed by atoms with Crippen molar-refractivity contribution in [1.82, 2.24) is 15.1 Å². The monoisotopic (exact) mass is 289 g/mol. The van der Waals surface area contributed by atoms with Crippen LogP contribution in [-0.4, -0.2) is 55.6 Å². The van der Waals surface area contributed by atoms with E-state index in [1.54, 1.807) is 0 Å². The summed E-state index contributed by atoms with van der Waals surface area (Å²) in [7, 11) is 2.23. The average molecular weight is 289 g/mol. The van der Waals surface area contributed by atoms with E-state index in [0.717, 1.165) is 13.1 Å². The Labute approximate surface area is 130 Å². The van der Waals surface area contributed by atoms with Crippen LogP contribution >= 0.6 is 0 Å². The Morgan fingerprint density at radius 1 is 1.19 bits per heavy atom. The first-order valence-corrected chi connectivity index (χ1v) is 8.23. The molecule has 1 aliphatic heterocycles. The van der Waals surface area contributed by atoms with Gasteiger partial charge >= 0.3 is 0 Å². The number of aryl methyl sites for hydroxylation is 2. The van der Waals surface area contributed by atoms with Gasteiger partial charge in [0, 0.05) is 38.3 Å². The molecule has 2 rings (SSSR count). The van der Waals surface area contributed by atoms with Crippen molar-refractivity contribution >= 4 is 0 Å². The van der Waals surface area contributed by atoms with Crippen molar-refractivity contribution < 1.29 is 0 Å². The first-order chi connectivity index (χ1) is 9.99. The molecular formula is C18H31N3. The maximum atomic E-state index is 3.67. The third kappa shape index (κ3) is 4.53. The van der Waals surface area contributed by atoms with Gasteiger partial charge in [-0.05, 0) is 39.9 Å². The SMILES string of the molecule is CCNC(CN1CCN(C)C(C)C1)c1cc(C)cc(C)c1. The molecule has 3 nitrogen and oxygen atoms in total. The van der Waals surface area contributed by atoms with E-state index in [1.807, 2.05) is 0 Å². The fourth-order valence-electron chi connectivity index (χ4n) is 3.29. The third-order valence-electron chi connectivity index (χ3n) is 4.58. The van der Waals surface area contributed by atoms with Gasteiger partial charge in [-0.2, -0.15) is 0 Å². The Bertz CT molecular complexity index is 438. The third-order valence-corrected chi connectivity index (χ3v) is 4.58. The Kier molecular flexibility index (Phi) is 5.80. The highest BCUT2D eigenvalue weighted by Gasteiger charge is 2.23. The zero-order valence-corrected chi connectivity index (χ0v) is 14.3. The molecule has 21 heavy (non-hydrogen) atoms. The molecule has 0 saturated carbocycles. The Morgan fingerprint density at radius 2 is 1.86 bits per heavy atom. The van der Waals surface area contributed by atoms with Gasteiger partial charge in [-0.25, -0.2) is 0 Å². The summed E-state index contributed by atoms with van der Waals surface area (Å²) < 4.78 is 0. The molecule has 0 aromatic heterocycles. The van der Waals surface area contributed by atoms with Gasteiger partial charge < -0.3 is 10.2 Å². The Hall–Kier alpha value is -0.900. The average Bonchev–Trinajstić information content (AvgIpc) is 2.41. The molecule has 0 radical (unpaired) electrons. The highest BCUT2D eigenvalue weighted by atomic mass is 15.3. The van der Waals surface area contributed by atoms with Gasteiger partial charge in [0.2, 0.25) is 0 Å². The van der Waals surface area contributed by atoms with E-state index in [0.29, 0.717) is 12.1 Å². The second kappa shape index (κ2) is 7.39. The summed E-state index contributed by atoms with van der Waals surface area (Å²) >= 11 is 0. The van der Waals surface area contributed by atoms with E-state index in [-0.39, 0.29) is 0 Å². The molecule has 0 spiro atoms. The summed E-state index contributed by atoms with van der Waals surface area (Å²) in [6.07, 6.45) is 0. The van der Waals surface area contributed by atoms with Gasteiger partial charge in [-0.1, -0.05) is 36.2 Å². The first kappa shape index (κ1) is 16.5. The maximum Gasteiger partial charge on any atom is 0.0449 e. The molecule has 2 unspecified atom stereocenters. The van der Waals surface area contributed by atoms with Gasteiger partial charge in [0.15, 0.2) is 0 Å². The highest BCUT2D eigenvalue weighted by Crippen LogP contribution is 2.19. The van der Waals surface area contributed by atoms with Gasteiger partial charge in [0.25, 0.3) is 0 Å². The van der Waals surface area contributed by atoms with Crippen LogP contribution < -0.4 is 5.32 Å². The smallest absolute Gasteiger partial charge is 0.0449 e. The van der Waals surface area contributed by atoms with E-state index in [2.05, 4.69) is 68.1 Å². The molecule has 118 valence electrons. The van der Waals surface area contributed by atoms with Gasteiger partial charge in [-0.3, -0.25) is 4.90 Å². The van der Waals surface area contributed by atoms with Crippen molar-refractivity contribution in [2.75, 3.05) is 39.8 Å². The number of benzene rings is 1. The second-order valence-electron chi connectivity index (χ2n) is 6.62. The van der Waals surface area contributed by atoms with Crippen LogP contribution in [0.25, 0.3) is 0 Å². The molecule has 1 heterocycles. The molecule has 1 saturated heterocycles. The standard InChI is InChI=1S/C18H31N3/c1-6-19-18(17-10-14(2)9-15(3)11-17)13-21-8-7-20(5)16(4)12-21/h9-11,16,18-19H,6-8,12-13H2,1-5H3. The van der Waals surface area contributed by atoms with Crippen molar-refractivity contribution in [3.05, 3.63) is 34.9 Å². The predicted molar refractivity (Wildman–Crippen MR) is 90.9 cm³/mol. The fourth-order valence-corrected chi connectivity index (χ4v) is 3.29. The summed E-state index contributed by atoms with van der Waals surface area (Å²) in [6.45, 7) is 14.5. The first-order valence-electron chi connectivity index (χ1n) is 8.23. The van der Waals surface area contributed by atoms with Crippen LogP contribution in [0.5, 0.6) is 0 Å². The topological polar surface area (TPSA) is 18.5 Å². The van der Waals surface area contributed by atoms with Crippen LogP contribution in [0.15, 0.2) is 18.2 Å². The molecular weight excluding hydrogens is 258 g/mol. The van der Waals surface area contributed by atoms with Crippen LogP contribution in [-0.2, 0) is 0 Å². The van der Waals surface area contributed by atoms with Crippen molar-refractivity contribution in [1.29, 1.82) is 0 Å². The fraction of sp³-hybridized carbons (Fsp3) is 0.667. The van der Waals surface area contributed by atoms with Crippen molar-refractivity contribution in [3.63, 3.8) is 0 Å². The Morgan fingerprint density at radius 3 is 2.43 bits per heavy atom. The van der Waals surface area contributed by atoms with Crippen molar-refractivity contribution in [2.45, 2.75) is 39.8 Å². The van der Waals surface area contributed by atoms with Gasteiger partial charge in [0.05, 0.1) is 0 Å². The van der Waals surface area contributed by atoms with Crippen molar-refractivity contribution in [3.8, 4) is 0 Å². The summed E-state index contributed by atoms with van der Waals surface area (Å²) in [4.78, 5) is 5.06. The number of nitrogens with zero attached hydrogens (tertiary/aromatic N) is 2. The molecule has 1 aliphatic rings. The minimum absolute atomic E-state index is 0.434. The molecule has 2 atom stereocenters. The molecule has 0 amide bonds. The minimum atomic E-state index is 0.434. The minimum Gasteiger partial charge on any atom is -0.309 e. The molecule has 1 fully saturated rings. The van der Waals surface area contributed by atoms with Crippen LogP contribution in [0.1, 0.15) is 36.6 Å². The van der Waals surface area contributed by atoms with Crippen LogP contribution in [0.4, 0.5) is 0 Å². The lowest BCUT2D eigenvalue weighted by Gasteiger charge is -2.39. The number of hydrogen-bond donors (Lipinski definition) is 1. The summed E-state index contributed by atoms with van der Waals surface area (Å²) in [5, 5.41) is 3.67. The summed E-state index contributed by atoms with van der Waals surface area (Å²) in [5.74, 6) is 0. The van der Waals surface area contributed by atoms with Gasteiger partial charge in [-0.15, -0.1) is 0 Å². The lowest BCUT2D eigenvalue weighted by atomic mass is 10.00. The van der Waals surface area contributed by atoms with E-state index >= 15 is 0 Å². The number of likely N-dealkylation sites (N-methyl/N-ethyl adjacent to an activating group) is 2. The van der Waals surface area contributed by atoms with E-state index < -0.39 is 0 Å². The van der Waals surface area contributed by atoms with E-state index in [1.165, 1.54) is 36.3 Å². The van der Waals surface area contributed by atoms with Crippen molar-refractivity contribution in [2.24, 2.45) is 0 Å². The molecule has 1 aromatic carbocycles. The predicted octanol–water partition coefficient (Wildman–Crippen LogP) is 2.59. The zero-order chi connectivity index (χ0) is 15.4. The number of hydrogen-bond acceptors (Lipinski definition) is 3. The second-order valence-corrected chi connectivity index (χ2v) is 6.62. The van der Waals surface area contributed by atoms with Crippen LogP contribution in [0.2, 0.25) is 0 Å². The maximum absolute atomic E-state index is 3.67. The van der Waals surface area contributed by atoms with Crippen LogP contribution in [0, 0.1) is 13.8 Å². The number of nitrogens with one attached hydrogen (secondary N) is 1. The quantitative estimate of drug-likeness (QED) is 0.899. The van der Waals surface area contributed by atoms with Crippen LogP contribution in [0.3, 0.4) is 0 Å². The number of piperazine rings is 1. The lowest BCUT2D eigenvalue weighted by molar-refractivity contribution is 0.0971. The number of rotatable bonds is 5. The van der Waals surface area contributed by atoms with Gasteiger partial charge in [0.1, 0.15) is 0 Å². The molecule has 0 aliphatic carbocycles. The molecule has 3 heteroatoms. The lowest BCUT2D eigenvalue weighted by Crippen LogP contribution is -2.51. The highest BCUT2D eigenvalue weighted by molar-refractivity contribution is 5.31. The largest absolute Gasteiger partial charge is 0.309 e. The molecule has 1 N–H and O–H groups in total. The van der Waals surface area contributed by atoms with E-state index in [4.69, 9.17) is 0 Å². The molecule has 1 aromatic rings. The Balaban J connectivity index is 2.08. The van der Waals surface area contributed by atoms with E-state index in [9.17, 15) is 0 Å². The molecule has 0 bridgehead atoms. The zero-order valence-electron chi connectivity index (χ0n) is 14.3. The summed E-state index contributed by atoms with van der Waals surface area (Å²) in [5.41, 5.74) is 4.15. The normalized spacial score (nSPS) is 22.4. The summed E-state index contributed by atoms with van der Waals surface area (Å²) in [6, 6.07) is 8.01.